The summed E-state index contributed by atoms with van der Waals surface area (Å²) in [5.74, 6) is -0.507. The third kappa shape index (κ3) is 4.56. The number of hydrogen-bond donors (Lipinski definition) is 1. The summed E-state index contributed by atoms with van der Waals surface area (Å²) in [6.45, 7) is 1.73. The van der Waals surface area contributed by atoms with Crippen molar-refractivity contribution in [3.05, 3.63) is 50.5 Å². The largest absolute Gasteiger partial charge is 0.344 e. The molecule has 0 aliphatic heterocycles. The number of aryl methyl sites for hydroxylation is 1. The second kappa shape index (κ2) is 7.79. The van der Waals surface area contributed by atoms with Gasteiger partial charge in [0.2, 0.25) is 5.91 Å². The van der Waals surface area contributed by atoms with Crippen LogP contribution in [0.25, 0.3) is 6.08 Å². The Hall–Kier alpha value is -1.89. The Morgan fingerprint density at radius 1 is 1.29 bits per heavy atom. The topological polar surface area (TPSA) is 62.3 Å². The minimum absolute atomic E-state index is 0.144. The molecule has 5 nitrogen and oxygen atoms in total. The third-order valence-corrected chi connectivity index (χ3v) is 4.63. The number of nitrogens with zero attached hydrogens (tertiary/aromatic N) is 2. The number of anilines is 1. The van der Waals surface area contributed by atoms with Crippen LogP contribution in [0.15, 0.2) is 24.3 Å². The molecule has 1 aromatic heterocycles. The number of hydrogen-bond acceptors (Lipinski definition) is 4. The number of benzene rings is 1. The van der Waals surface area contributed by atoms with Gasteiger partial charge in [-0.1, -0.05) is 40.6 Å². The lowest BCUT2D eigenvalue weighted by atomic mass is 10.2. The number of nitrogens with one attached hydrogen (secondary N) is 1. The van der Waals surface area contributed by atoms with Crippen LogP contribution in [0.1, 0.15) is 20.9 Å². The fourth-order valence-corrected chi connectivity index (χ4v) is 3.26. The number of aromatic nitrogens is 1. The fourth-order valence-electron chi connectivity index (χ4n) is 1.80. The number of halogens is 2. The number of amides is 2. The van der Waals surface area contributed by atoms with Crippen LogP contribution in [0.3, 0.4) is 0 Å². The number of thiazole rings is 1. The zero-order valence-corrected chi connectivity index (χ0v) is 15.6. The maximum atomic E-state index is 12.0. The first-order valence-electron chi connectivity index (χ1n) is 6.91. The van der Waals surface area contributed by atoms with Crippen molar-refractivity contribution in [1.82, 2.24) is 9.88 Å². The predicted molar refractivity (Wildman–Crippen MR) is 99.0 cm³/mol. The average molecular weight is 384 g/mol. The lowest BCUT2D eigenvalue weighted by molar-refractivity contribution is -0.111. The van der Waals surface area contributed by atoms with Gasteiger partial charge in [0.25, 0.3) is 5.91 Å². The van der Waals surface area contributed by atoms with Crippen LogP contribution in [0.5, 0.6) is 0 Å². The Balaban J connectivity index is 2.09. The van der Waals surface area contributed by atoms with E-state index in [-0.39, 0.29) is 11.8 Å². The summed E-state index contributed by atoms with van der Waals surface area (Å²) in [5.41, 5.74) is 1.26. The monoisotopic (exact) mass is 383 g/mol. The summed E-state index contributed by atoms with van der Waals surface area (Å²) >= 11 is 13.0. The van der Waals surface area contributed by atoms with Crippen LogP contribution in [-0.2, 0) is 4.79 Å². The van der Waals surface area contributed by atoms with Crippen molar-refractivity contribution in [2.75, 3.05) is 19.4 Å². The summed E-state index contributed by atoms with van der Waals surface area (Å²) in [6.07, 6.45) is 2.93. The van der Waals surface area contributed by atoms with Crippen molar-refractivity contribution in [1.29, 1.82) is 0 Å². The molecule has 0 saturated carbocycles. The maximum absolute atomic E-state index is 12.0. The van der Waals surface area contributed by atoms with Crippen LogP contribution >= 0.6 is 34.5 Å². The van der Waals surface area contributed by atoms with Gasteiger partial charge in [0.05, 0.1) is 5.69 Å². The zero-order valence-electron chi connectivity index (χ0n) is 13.3. The lowest BCUT2D eigenvalue weighted by Crippen LogP contribution is -2.21. The van der Waals surface area contributed by atoms with E-state index < -0.39 is 0 Å². The molecule has 0 saturated heterocycles. The summed E-state index contributed by atoms with van der Waals surface area (Å²) in [5, 5.41) is 3.99. The van der Waals surface area contributed by atoms with Gasteiger partial charge in [-0.25, -0.2) is 4.98 Å². The molecule has 0 fully saturated rings. The van der Waals surface area contributed by atoms with Gasteiger partial charge >= 0.3 is 0 Å². The molecule has 2 rings (SSSR count). The van der Waals surface area contributed by atoms with Gasteiger partial charge < -0.3 is 4.90 Å². The molecule has 0 spiro atoms. The van der Waals surface area contributed by atoms with Gasteiger partial charge in [0, 0.05) is 30.2 Å². The van der Waals surface area contributed by atoms with Crippen molar-refractivity contribution in [3.63, 3.8) is 0 Å². The van der Waals surface area contributed by atoms with Crippen molar-refractivity contribution in [3.8, 4) is 0 Å². The first-order valence-corrected chi connectivity index (χ1v) is 8.48. The van der Waals surface area contributed by atoms with E-state index in [0.717, 1.165) is 11.3 Å². The molecule has 126 valence electrons. The van der Waals surface area contributed by atoms with Crippen molar-refractivity contribution in [2.24, 2.45) is 0 Å². The van der Waals surface area contributed by atoms with Crippen LogP contribution in [-0.4, -0.2) is 35.8 Å². The molecule has 1 aromatic carbocycles. The van der Waals surface area contributed by atoms with Gasteiger partial charge in [-0.05, 0) is 30.7 Å². The molecule has 0 aliphatic rings. The standard InChI is InChI=1S/C16H15Cl2N3O2S/c1-9-14(15(23)21(2)3)24-16(19-9)20-13(22)7-5-10-4-6-11(17)8-12(10)18/h4-8H,1-3H3,(H,19,20,22). The molecule has 0 atom stereocenters. The molecule has 8 heteroatoms. The van der Waals surface area contributed by atoms with E-state index in [4.69, 9.17) is 23.2 Å². The quantitative estimate of drug-likeness (QED) is 0.807. The minimum atomic E-state index is -0.362. The van der Waals surface area contributed by atoms with E-state index in [2.05, 4.69) is 10.3 Å². The summed E-state index contributed by atoms with van der Waals surface area (Å²) in [7, 11) is 3.33. The molecule has 0 unspecified atom stereocenters. The minimum Gasteiger partial charge on any atom is -0.344 e. The van der Waals surface area contributed by atoms with Gasteiger partial charge in [-0.2, -0.15) is 0 Å². The van der Waals surface area contributed by atoms with Crippen LogP contribution < -0.4 is 5.32 Å². The SMILES string of the molecule is Cc1nc(NC(=O)C=Cc2ccc(Cl)cc2Cl)sc1C(=O)N(C)C. The summed E-state index contributed by atoms with van der Waals surface area (Å²) in [4.78, 5) is 30.1. The molecule has 2 aromatic rings. The van der Waals surface area contributed by atoms with Gasteiger partial charge in [-0.3, -0.25) is 14.9 Å². The Morgan fingerprint density at radius 3 is 2.62 bits per heavy atom. The molecule has 24 heavy (non-hydrogen) atoms. The zero-order chi connectivity index (χ0) is 17.9. The van der Waals surface area contributed by atoms with Gasteiger partial charge in [0.15, 0.2) is 5.13 Å². The molecular weight excluding hydrogens is 369 g/mol. The summed E-state index contributed by atoms with van der Waals surface area (Å²) < 4.78 is 0. The normalized spacial score (nSPS) is 10.9. The third-order valence-electron chi connectivity index (χ3n) is 3.00. The highest BCUT2D eigenvalue weighted by molar-refractivity contribution is 7.17. The average Bonchev–Trinajstić information content (AvgIpc) is 2.85. The fraction of sp³-hybridized carbons (Fsp3) is 0.188. The molecule has 1 heterocycles. The Bertz CT molecular complexity index is 816. The van der Waals surface area contributed by atoms with E-state index >= 15 is 0 Å². The highest BCUT2D eigenvalue weighted by Crippen LogP contribution is 2.24. The molecule has 2 amide bonds. The smallest absolute Gasteiger partial charge is 0.265 e. The van der Waals surface area contributed by atoms with Crippen LogP contribution in [0.2, 0.25) is 10.0 Å². The molecule has 1 N–H and O–H groups in total. The van der Waals surface area contributed by atoms with E-state index in [0.29, 0.717) is 31.3 Å². The predicted octanol–water partition coefficient (Wildman–Crippen LogP) is 4.11. The maximum Gasteiger partial charge on any atom is 0.265 e. The van der Waals surface area contributed by atoms with Gasteiger partial charge in [-0.15, -0.1) is 0 Å². The van der Waals surface area contributed by atoms with E-state index in [1.54, 1.807) is 45.3 Å². The highest BCUT2D eigenvalue weighted by atomic mass is 35.5. The van der Waals surface area contributed by atoms with Crippen molar-refractivity contribution < 1.29 is 9.59 Å². The number of carbonyl (C=O) groups is 2. The molecule has 0 bridgehead atoms. The lowest BCUT2D eigenvalue weighted by Gasteiger charge is -2.07. The first-order chi connectivity index (χ1) is 11.3. The Morgan fingerprint density at radius 2 is 2.00 bits per heavy atom. The second-order valence-electron chi connectivity index (χ2n) is 5.12. The van der Waals surface area contributed by atoms with Crippen molar-refractivity contribution in [2.45, 2.75) is 6.92 Å². The summed E-state index contributed by atoms with van der Waals surface area (Å²) in [6, 6.07) is 5.01. The van der Waals surface area contributed by atoms with Crippen molar-refractivity contribution >= 4 is 57.6 Å². The molecular formula is C16H15Cl2N3O2S. The van der Waals surface area contributed by atoms with Crippen LogP contribution in [0.4, 0.5) is 5.13 Å². The Kier molecular flexibility index (Phi) is 5.99. The highest BCUT2D eigenvalue weighted by Gasteiger charge is 2.17. The van der Waals surface area contributed by atoms with E-state index in [1.165, 1.54) is 11.0 Å². The Labute approximate surface area is 153 Å². The first kappa shape index (κ1) is 18.4. The van der Waals surface area contributed by atoms with E-state index in [9.17, 15) is 9.59 Å². The van der Waals surface area contributed by atoms with Gasteiger partial charge in [0.1, 0.15) is 4.88 Å². The number of rotatable bonds is 4. The van der Waals surface area contributed by atoms with Crippen LogP contribution in [0, 0.1) is 6.92 Å². The molecule has 0 radical (unpaired) electrons. The van der Waals surface area contributed by atoms with E-state index in [1.807, 2.05) is 0 Å². The second-order valence-corrected chi connectivity index (χ2v) is 6.96. The number of carbonyl (C=O) groups excluding carboxylic acids is 2. The molecule has 0 aliphatic carbocycles.